The summed E-state index contributed by atoms with van der Waals surface area (Å²) in [5.41, 5.74) is 0. The first-order valence-electron chi connectivity index (χ1n) is 23.8. The molecule has 4 saturated heterocycles. The van der Waals surface area contributed by atoms with Crippen LogP contribution in [0.2, 0.25) is 10.1 Å². The van der Waals surface area contributed by atoms with Gasteiger partial charge in [0.25, 0.3) is 16.6 Å². The van der Waals surface area contributed by atoms with Crippen molar-refractivity contribution in [2.24, 2.45) is 0 Å². The van der Waals surface area contributed by atoms with Crippen molar-refractivity contribution in [2.45, 2.75) is 179 Å². The third kappa shape index (κ3) is 9.60. The Morgan fingerprint density at radius 3 is 0.803 bits per heavy atom. The zero-order valence-electron chi connectivity index (χ0n) is 41.7. The molecule has 4 aromatic rings. The van der Waals surface area contributed by atoms with Crippen molar-refractivity contribution in [1.29, 1.82) is 0 Å². The molecule has 0 unspecified atom stereocenters. The van der Waals surface area contributed by atoms with Gasteiger partial charge in [-0.3, -0.25) is 0 Å². The molecule has 10 nitrogen and oxygen atoms in total. The summed E-state index contributed by atoms with van der Waals surface area (Å²) in [6, 6.07) is 42.7. The van der Waals surface area contributed by atoms with Crippen molar-refractivity contribution in [2.75, 3.05) is 13.2 Å². The summed E-state index contributed by atoms with van der Waals surface area (Å²) < 4.78 is 70.6. The van der Waals surface area contributed by atoms with Crippen LogP contribution in [0.3, 0.4) is 0 Å². The molecular formula is C54H74O10Si2. The number of benzene rings is 4. The molecule has 12 heteroatoms. The van der Waals surface area contributed by atoms with Crippen LogP contribution >= 0.6 is 0 Å². The first-order valence-corrected chi connectivity index (χ1v) is 27.6. The number of rotatable bonds is 11. The van der Waals surface area contributed by atoms with Crippen molar-refractivity contribution < 1.29 is 46.7 Å². The summed E-state index contributed by atoms with van der Waals surface area (Å²) in [6.45, 7) is 29.7. The monoisotopic (exact) mass is 938 g/mol. The first-order chi connectivity index (χ1) is 30.9. The molecule has 8 atom stereocenters. The van der Waals surface area contributed by atoms with E-state index in [2.05, 4.69) is 163 Å². The molecule has 66 heavy (non-hydrogen) atoms. The average Bonchev–Trinajstić information content (AvgIpc) is 3.24. The van der Waals surface area contributed by atoms with E-state index in [1.807, 2.05) is 55.4 Å². The zero-order valence-corrected chi connectivity index (χ0v) is 43.7. The molecule has 0 N–H and O–H groups in total. The second-order valence-corrected chi connectivity index (χ2v) is 31.0. The predicted molar refractivity (Wildman–Crippen MR) is 262 cm³/mol. The number of fused-ring (bicyclic) bond motifs is 2. The normalized spacial score (nSPS) is 29.6. The Balaban J connectivity index is 1.14. The summed E-state index contributed by atoms with van der Waals surface area (Å²) >= 11 is 0. The third-order valence-corrected chi connectivity index (χ3v) is 23.5. The lowest BCUT2D eigenvalue weighted by Crippen LogP contribution is -2.75. The van der Waals surface area contributed by atoms with Crippen LogP contribution in [0.4, 0.5) is 0 Å². The second kappa shape index (κ2) is 18.0. The summed E-state index contributed by atoms with van der Waals surface area (Å²) in [4.78, 5) is 0. The van der Waals surface area contributed by atoms with Gasteiger partial charge in [-0.2, -0.15) is 0 Å². The van der Waals surface area contributed by atoms with Crippen LogP contribution in [-0.4, -0.2) is 102 Å². The van der Waals surface area contributed by atoms with Crippen molar-refractivity contribution in [3.63, 3.8) is 0 Å². The van der Waals surface area contributed by atoms with Gasteiger partial charge >= 0.3 is 0 Å². The highest BCUT2D eigenvalue weighted by atomic mass is 28.4. The Labute approximate surface area is 396 Å². The second-order valence-electron chi connectivity index (χ2n) is 22.4. The van der Waals surface area contributed by atoms with Gasteiger partial charge in [0, 0.05) is 0 Å². The first kappa shape index (κ1) is 49.3. The fourth-order valence-corrected chi connectivity index (χ4v) is 20.3. The Bertz CT molecular complexity index is 1990. The Kier molecular flexibility index (Phi) is 13.5. The van der Waals surface area contributed by atoms with Gasteiger partial charge in [0.15, 0.2) is 23.1 Å². The summed E-state index contributed by atoms with van der Waals surface area (Å²) in [6.07, 6.45) is -4.91. The minimum Gasteiger partial charge on any atom is -0.405 e. The lowest BCUT2D eigenvalue weighted by atomic mass is 9.87. The van der Waals surface area contributed by atoms with Crippen molar-refractivity contribution in [3.05, 3.63) is 121 Å². The lowest BCUT2D eigenvalue weighted by molar-refractivity contribution is -0.467. The van der Waals surface area contributed by atoms with Crippen molar-refractivity contribution in [3.8, 4) is 0 Å². The molecule has 4 aliphatic rings. The molecule has 0 aliphatic carbocycles. The van der Waals surface area contributed by atoms with Gasteiger partial charge in [-0.05, 0) is 86.2 Å². The molecule has 4 aromatic carbocycles. The Hall–Kier alpha value is -3.09. The molecule has 4 aliphatic heterocycles. The van der Waals surface area contributed by atoms with Crippen LogP contribution in [0.15, 0.2) is 121 Å². The molecule has 4 heterocycles. The summed E-state index contributed by atoms with van der Waals surface area (Å²) in [5, 5.41) is 4.28. The van der Waals surface area contributed by atoms with Gasteiger partial charge < -0.3 is 46.7 Å². The fourth-order valence-electron chi connectivity index (χ4n) is 11.1. The highest BCUT2D eigenvalue weighted by Gasteiger charge is 2.64. The maximum atomic E-state index is 7.53. The van der Waals surface area contributed by atoms with Gasteiger partial charge in [0.1, 0.15) is 48.8 Å². The number of ether oxygens (including phenoxy) is 8. The van der Waals surface area contributed by atoms with E-state index in [-0.39, 0.29) is 23.3 Å². The van der Waals surface area contributed by atoms with E-state index < -0.39 is 88.6 Å². The molecule has 0 spiro atoms. The topological polar surface area (TPSA) is 92.3 Å². The van der Waals surface area contributed by atoms with E-state index in [1.165, 1.54) is 20.7 Å². The minimum absolute atomic E-state index is 0.241. The molecule has 0 aromatic heterocycles. The van der Waals surface area contributed by atoms with E-state index in [9.17, 15) is 0 Å². The number of hydrogen-bond acceptors (Lipinski definition) is 10. The fraction of sp³-hybridized carbons (Fsp3) is 0.556. The smallest absolute Gasteiger partial charge is 0.261 e. The van der Waals surface area contributed by atoms with Crippen LogP contribution in [0, 0.1) is 0 Å². The molecular weight excluding hydrogens is 865 g/mol. The van der Waals surface area contributed by atoms with Crippen LogP contribution in [-0.2, 0) is 46.7 Å². The highest BCUT2D eigenvalue weighted by Crippen LogP contribution is 2.47. The molecule has 0 radical (unpaired) electrons. The van der Waals surface area contributed by atoms with Gasteiger partial charge in [-0.1, -0.05) is 163 Å². The van der Waals surface area contributed by atoms with Crippen molar-refractivity contribution >= 4 is 37.4 Å². The molecule has 0 amide bonds. The largest absolute Gasteiger partial charge is 0.405 e. The molecule has 0 saturated carbocycles. The van der Waals surface area contributed by atoms with Gasteiger partial charge in [0.2, 0.25) is 0 Å². The van der Waals surface area contributed by atoms with E-state index in [4.69, 9.17) is 46.7 Å². The third-order valence-electron chi connectivity index (χ3n) is 13.5. The molecule has 0 bridgehead atoms. The van der Waals surface area contributed by atoms with Crippen LogP contribution in [0.25, 0.3) is 0 Å². The average molecular weight is 939 g/mol. The van der Waals surface area contributed by atoms with Crippen LogP contribution in [0.5, 0.6) is 0 Å². The van der Waals surface area contributed by atoms with Gasteiger partial charge in [-0.25, -0.2) is 0 Å². The minimum atomic E-state index is -2.96. The SMILES string of the molecule is CC1(C)O[C@H]([C@H]2OC(C)(C)O[C@H]3[C@@H]2OC(C)(C)O[C@@H]3CO[Si](c2ccccc2)(c2ccccc2)C(C)(C)C)[C@H]2OC(C)(C)O[C@H](CO[Si](c3ccccc3)(c3ccccc3)C(C)(C)C)[C@H]2O1. The molecule has 8 rings (SSSR count). The van der Waals surface area contributed by atoms with E-state index in [0.29, 0.717) is 0 Å². The number of hydrogen-bond donors (Lipinski definition) is 0. The molecule has 358 valence electrons. The van der Waals surface area contributed by atoms with Gasteiger partial charge in [-0.15, -0.1) is 0 Å². The van der Waals surface area contributed by atoms with Crippen molar-refractivity contribution in [1.82, 2.24) is 0 Å². The predicted octanol–water partition coefficient (Wildman–Crippen LogP) is 8.22. The Morgan fingerprint density at radius 2 is 0.561 bits per heavy atom. The lowest BCUT2D eigenvalue weighted by Gasteiger charge is -2.59. The molecule has 4 fully saturated rings. The summed E-state index contributed by atoms with van der Waals surface area (Å²) in [5.74, 6) is -4.20. The van der Waals surface area contributed by atoms with E-state index in [1.54, 1.807) is 0 Å². The Morgan fingerprint density at radius 1 is 0.348 bits per heavy atom. The zero-order chi connectivity index (χ0) is 47.6. The highest BCUT2D eigenvalue weighted by molar-refractivity contribution is 7.00. The van der Waals surface area contributed by atoms with Gasteiger partial charge in [0.05, 0.1) is 13.2 Å². The maximum Gasteiger partial charge on any atom is 0.261 e. The van der Waals surface area contributed by atoms with E-state index >= 15 is 0 Å². The van der Waals surface area contributed by atoms with Crippen LogP contribution < -0.4 is 20.7 Å². The van der Waals surface area contributed by atoms with Crippen LogP contribution in [0.1, 0.15) is 96.9 Å². The quantitative estimate of drug-likeness (QED) is 0.137. The van der Waals surface area contributed by atoms with E-state index in [0.717, 1.165) is 0 Å². The maximum absolute atomic E-state index is 7.53. The summed E-state index contributed by atoms with van der Waals surface area (Å²) in [7, 11) is -5.91. The standard InChI is InChI=1S/C54H74O10Si2/c1-49(2,3)65(37-27-19-15-20-28-37,38-29-21-16-22-30-38)55-35-41-43-45(61-51(7,8)57-41)47(63-53(11,12)59-43)48-46-44(60-54(13,14)64-48)42(58-52(9,10)62-46)36-56-66(50(4,5)6,39-31-23-17-24-32-39)40-33-25-18-26-34-40/h15-34,41-48H,35-36H2,1-14H3/t41-,42-,43-,44-,45+,46+,47+,48+/m1/s1.